The van der Waals surface area contributed by atoms with Crippen molar-refractivity contribution in [3.8, 4) is 0 Å². The quantitative estimate of drug-likeness (QED) is 0.856. The van der Waals surface area contributed by atoms with Gasteiger partial charge in [0.15, 0.2) is 5.82 Å². The Balaban J connectivity index is 1.40. The molecule has 0 bridgehead atoms. The van der Waals surface area contributed by atoms with E-state index in [0.717, 1.165) is 24.0 Å². The number of urea groups is 1. The molecule has 8 nitrogen and oxygen atoms in total. The van der Waals surface area contributed by atoms with Crippen molar-refractivity contribution < 1.29 is 14.1 Å². The molecule has 3 N–H and O–H groups in total. The molecule has 1 aromatic heterocycles. The predicted octanol–water partition coefficient (Wildman–Crippen LogP) is 1.23. The SMILES string of the molecule is Cc1noc(C2CC2C(=O)NCc2cccc3c2CN(C(N)=O)CC3)n1. The van der Waals surface area contributed by atoms with Crippen molar-refractivity contribution in [2.24, 2.45) is 11.7 Å². The number of nitrogens with two attached hydrogens (primary N) is 1. The van der Waals surface area contributed by atoms with E-state index in [-0.39, 0.29) is 17.7 Å². The highest BCUT2D eigenvalue weighted by Crippen LogP contribution is 2.46. The fourth-order valence-corrected chi connectivity index (χ4v) is 3.54. The fourth-order valence-electron chi connectivity index (χ4n) is 3.54. The average molecular weight is 355 g/mol. The lowest BCUT2D eigenvalue weighted by Crippen LogP contribution is -2.40. The Labute approximate surface area is 150 Å². The number of hydrogen-bond acceptors (Lipinski definition) is 5. The lowest BCUT2D eigenvalue weighted by atomic mass is 9.95. The van der Waals surface area contributed by atoms with Crippen LogP contribution in [0.4, 0.5) is 4.79 Å². The average Bonchev–Trinajstić information content (AvgIpc) is 3.33. The molecule has 136 valence electrons. The Morgan fingerprint density at radius 2 is 2.27 bits per heavy atom. The molecule has 8 heteroatoms. The molecular formula is C18H21N5O3. The van der Waals surface area contributed by atoms with Crippen LogP contribution in [0, 0.1) is 12.8 Å². The number of amides is 3. The van der Waals surface area contributed by atoms with Crippen LogP contribution in [0.25, 0.3) is 0 Å². The van der Waals surface area contributed by atoms with E-state index in [1.54, 1.807) is 11.8 Å². The van der Waals surface area contributed by atoms with Gasteiger partial charge < -0.3 is 20.5 Å². The van der Waals surface area contributed by atoms with Crippen molar-refractivity contribution in [3.05, 3.63) is 46.6 Å². The number of aryl methyl sites for hydroxylation is 1. The molecule has 3 amide bonds. The zero-order chi connectivity index (χ0) is 18.3. The summed E-state index contributed by atoms with van der Waals surface area (Å²) >= 11 is 0. The number of fused-ring (bicyclic) bond motifs is 1. The van der Waals surface area contributed by atoms with Gasteiger partial charge in [-0.25, -0.2) is 4.79 Å². The molecular weight excluding hydrogens is 334 g/mol. The van der Waals surface area contributed by atoms with E-state index in [1.165, 1.54) is 5.56 Å². The summed E-state index contributed by atoms with van der Waals surface area (Å²) in [7, 11) is 0. The second-order valence-corrected chi connectivity index (χ2v) is 6.91. The van der Waals surface area contributed by atoms with Crippen LogP contribution in [0.3, 0.4) is 0 Å². The molecule has 1 fully saturated rings. The molecule has 1 aliphatic carbocycles. The topological polar surface area (TPSA) is 114 Å². The number of nitrogens with one attached hydrogen (secondary N) is 1. The van der Waals surface area contributed by atoms with E-state index in [1.807, 2.05) is 12.1 Å². The number of nitrogens with zero attached hydrogens (tertiary/aromatic N) is 3. The summed E-state index contributed by atoms with van der Waals surface area (Å²) in [5.41, 5.74) is 8.72. The molecule has 1 saturated carbocycles. The van der Waals surface area contributed by atoms with Crippen LogP contribution in [-0.2, 0) is 24.3 Å². The molecule has 4 rings (SSSR count). The van der Waals surface area contributed by atoms with Gasteiger partial charge in [-0.1, -0.05) is 23.4 Å². The van der Waals surface area contributed by atoms with Gasteiger partial charge in [0, 0.05) is 19.6 Å². The van der Waals surface area contributed by atoms with Crippen LogP contribution in [-0.4, -0.2) is 33.5 Å². The minimum Gasteiger partial charge on any atom is -0.352 e. The van der Waals surface area contributed by atoms with Gasteiger partial charge in [0.1, 0.15) is 0 Å². The first-order valence-electron chi connectivity index (χ1n) is 8.75. The lowest BCUT2D eigenvalue weighted by molar-refractivity contribution is -0.122. The van der Waals surface area contributed by atoms with Crippen LogP contribution >= 0.6 is 0 Å². The van der Waals surface area contributed by atoms with E-state index in [9.17, 15) is 9.59 Å². The summed E-state index contributed by atoms with van der Waals surface area (Å²) in [6, 6.07) is 5.62. The van der Waals surface area contributed by atoms with Crippen LogP contribution < -0.4 is 11.1 Å². The Morgan fingerprint density at radius 3 is 3.00 bits per heavy atom. The minimum atomic E-state index is -0.412. The molecule has 2 aromatic rings. The van der Waals surface area contributed by atoms with E-state index in [4.69, 9.17) is 10.3 Å². The first-order valence-corrected chi connectivity index (χ1v) is 8.75. The summed E-state index contributed by atoms with van der Waals surface area (Å²) < 4.78 is 5.15. The number of hydrogen-bond donors (Lipinski definition) is 2. The minimum absolute atomic E-state index is 0.00831. The highest BCUT2D eigenvalue weighted by Gasteiger charge is 2.47. The Bertz CT molecular complexity index is 862. The standard InChI is InChI=1S/C18H21N5O3/c1-10-21-17(26-22-10)14-7-13(14)16(24)20-8-12-4-2-3-11-5-6-23(18(19)25)9-15(11)12/h2-4,13-14H,5-9H2,1H3,(H2,19,25)(H,20,24). The third-order valence-electron chi connectivity index (χ3n) is 5.12. The third-order valence-corrected chi connectivity index (χ3v) is 5.12. The van der Waals surface area contributed by atoms with Crippen LogP contribution in [0.5, 0.6) is 0 Å². The largest absolute Gasteiger partial charge is 0.352 e. The monoisotopic (exact) mass is 355 g/mol. The van der Waals surface area contributed by atoms with Crippen molar-refractivity contribution in [1.29, 1.82) is 0 Å². The summed E-state index contributed by atoms with van der Waals surface area (Å²) in [6.07, 6.45) is 1.51. The molecule has 2 aliphatic rings. The van der Waals surface area contributed by atoms with Gasteiger partial charge in [0.05, 0.1) is 11.8 Å². The second kappa shape index (κ2) is 6.44. The molecule has 1 aromatic carbocycles. The van der Waals surface area contributed by atoms with E-state index >= 15 is 0 Å². The zero-order valence-electron chi connectivity index (χ0n) is 14.6. The lowest BCUT2D eigenvalue weighted by Gasteiger charge is -2.29. The second-order valence-electron chi connectivity index (χ2n) is 6.91. The number of carbonyl (C=O) groups is 2. The van der Waals surface area contributed by atoms with Crippen LogP contribution in [0.1, 0.15) is 40.7 Å². The number of carbonyl (C=O) groups excluding carboxylic acids is 2. The maximum absolute atomic E-state index is 12.4. The van der Waals surface area contributed by atoms with Crippen molar-refractivity contribution >= 4 is 11.9 Å². The smallest absolute Gasteiger partial charge is 0.315 e. The third kappa shape index (κ3) is 3.14. The van der Waals surface area contributed by atoms with Gasteiger partial charge in [0.25, 0.3) is 0 Å². The summed E-state index contributed by atoms with van der Waals surface area (Å²) in [4.78, 5) is 29.7. The molecule has 0 radical (unpaired) electrons. The highest BCUT2D eigenvalue weighted by atomic mass is 16.5. The van der Waals surface area contributed by atoms with Crippen molar-refractivity contribution in [2.45, 2.75) is 38.8 Å². The van der Waals surface area contributed by atoms with E-state index in [2.05, 4.69) is 21.5 Å². The van der Waals surface area contributed by atoms with Gasteiger partial charge >= 0.3 is 6.03 Å². The molecule has 1 aliphatic heterocycles. The highest BCUT2D eigenvalue weighted by molar-refractivity contribution is 5.82. The number of primary amides is 1. The van der Waals surface area contributed by atoms with Gasteiger partial charge in [-0.3, -0.25) is 4.79 Å². The summed E-state index contributed by atoms with van der Waals surface area (Å²) in [5.74, 6) is 1.02. The molecule has 26 heavy (non-hydrogen) atoms. The van der Waals surface area contributed by atoms with Crippen molar-refractivity contribution in [2.75, 3.05) is 6.54 Å². The first-order chi connectivity index (χ1) is 12.5. The molecule has 0 saturated heterocycles. The molecule has 2 atom stereocenters. The van der Waals surface area contributed by atoms with Crippen molar-refractivity contribution in [1.82, 2.24) is 20.4 Å². The fraction of sp³-hybridized carbons (Fsp3) is 0.444. The van der Waals surface area contributed by atoms with Gasteiger partial charge in [-0.15, -0.1) is 0 Å². The number of rotatable bonds is 4. The van der Waals surface area contributed by atoms with Crippen LogP contribution in [0.15, 0.2) is 22.7 Å². The maximum atomic E-state index is 12.4. The van der Waals surface area contributed by atoms with E-state index < -0.39 is 6.03 Å². The van der Waals surface area contributed by atoms with Gasteiger partial charge in [0.2, 0.25) is 11.8 Å². The maximum Gasteiger partial charge on any atom is 0.315 e. The normalized spacial score (nSPS) is 21.2. The molecule has 0 spiro atoms. The summed E-state index contributed by atoms with van der Waals surface area (Å²) in [5, 5.41) is 6.77. The van der Waals surface area contributed by atoms with Crippen molar-refractivity contribution in [3.63, 3.8) is 0 Å². The molecule has 2 unspecified atom stereocenters. The van der Waals surface area contributed by atoms with E-state index in [0.29, 0.717) is 31.3 Å². The Morgan fingerprint density at radius 1 is 1.42 bits per heavy atom. The summed E-state index contributed by atoms with van der Waals surface area (Å²) in [6.45, 7) is 3.31. The van der Waals surface area contributed by atoms with Gasteiger partial charge in [-0.05, 0) is 36.5 Å². The Kier molecular flexibility index (Phi) is 4.10. The van der Waals surface area contributed by atoms with Gasteiger partial charge in [-0.2, -0.15) is 4.98 Å². The molecule has 2 heterocycles. The Hall–Kier alpha value is -2.90. The number of benzene rings is 1. The zero-order valence-corrected chi connectivity index (χ0v) is 14.6. The predicted molar refractivity (Wildman–Crippen MR) is 91.9 cm³/mol. The number of aromatic nitrogens is 2. The van der Waals surface area contributed by atoms with Crippen LogP contribution in [0.2, 0.25) is 0 Å². The first kappa shape index (κ1) is 16.6.